The van der Waals surface area contributed by atoms with Crippen LogP contribution in [0, 0.1) is 0 Å². The van der Waals surface area contributed by atoms with Crippen LogP contribution in [0.1, 0.15) is 25.8 Å². The van der Waals surface area contributed by atoms with Crippen molar-refractivity contribution >= 4 is 23.5 Å². The zero-order valence-electron chi connectivity index (χ0n) is 14.3. The summed E-state index contributed by atoms with van der Waals surface area (Å²) in [5, 5.41) is 0.633. The molecule has 5 nitrogen and oxygen atoms in total. The van der Waals surface area contributed by atoms with Gasteiger partial charge in [-0.1, -0.05) is 29.8 Å². The summed E-state index contributed by atoms with van der Waals surface area (Å²) in [6.45, 7) is 7.30. The molecular formula is C18H25ClN2O3. The first kappa shape index (κ1) is 18.7. The molecule has 0 bridgehead atoms. The Hall–Kier alpha value is -1.59. The Kier molecular flexibility index (Phi) is 7.06. The Morgan fingerprint density at radius 3 is 2.46 bits per heavy atom. The monoisotopic (exact) mass is 352 g/mol. The molecule has 1 fully saturated rings. The van der Waals surface area contributed by atoms with E-state index in [1.165, 1.54) is 0 Å². The van der Waals surface area contributed by atoms with Crippen molar-refractivity contribution in [1.82, 2.24) is 9.80 Å². The van der Waals surface area contributed by atoms with Gasteiger partial charge in [0, 0.05) is 37.7 Å². The van der Waals surface area contributed by atoms with Gasteiger partial charge < -0.3 is 9.64 Å². The lowest BCUT2D eigenvalue weighted by atomic mass is 10.1. The van der Waals surface area contributed by atoms with Crippen molar-refractivity contribution in [3.63, 3.8) is 0 Å². The molecule has 1 amide bonds. The molecule has 0 unspecified atom stereocenters. The maximum atomic E-state index is 12.4. The molecule has 0 radical (unpaired) electrons. The summed E-state index contributed by atoms with van der Waals surface area (Å²) in [5.74, 6) is -0.0656. The minimum Gasteiger partial charge on any atom is -0.463 e. The molecule has 1 aromatic rings. The lowest BCUT2D eigenvalue weighted by molar-refractivity contribution is -0.148. The molecule has 0 atom stereocenters. The van der Waals surface area contributed by atoms with E-state index in [0.29, 0.717) is 37.5 Å². The van der Waals surface area contributed by atoms with Crippen LogP contribution in [0.4, 0.5) is 0 Å². The van der Waals surface area contributed by atoms with Crippen molar-refractivity contribution < 1.29 is 14.3 Å². The van der Waals surface area contributed by atoms with Crippen molar-refractivity contribution in [2.24, 2.45) is 0 Å². The second-order valence-corrected chi connectivity index (χ2v) is 6.69. The molecule has 1 saturated heterocycles. The summed E-state index contributed by atoms with van der Waals surface area (Å²) < 4.78 is 5.14. The van der Waals surface area contributed by atoms with Gasteiger partial charge in [0.1, 0.15) is 0 Å². The molecule has 132 valence electrons. The molecule has 2 rings (SSSR count). The highest BCUT2D eigenvalue weighted by molar-refractivity contribution is 6.31. The predicted octanol–water partition coefficient (Wildman–Crippen LogP) is 2.37. The van der Waals surface area contributed by atoms with Crippen molar-refractivity contribution in [3.05, 3.63) is 34.9 Å². The Balaban J connectivity index is 1.73. The van der Waals surface area contributed by atoms with Gasteiger partial charge in [-0.25, -0.2) is 0 Å². The molecule has 1 heterocycles. The Morgan fingerprint density at radius 1 is 1.17 bits per heavy atom. The van der Waals surface area contributed by atoms with E-state index < -0.39 is 0 Å². The predicted molar refractivity (Wildman–Crippen MR) is 94.0 cm³/mol. The summed E-state index contributed by atoms with van der Waals surface area (Å²) in [5.41, 5.74) is 0.864. The van der Waals surface area contributed by atoms with Gasteiger partial charge in [0.05, 0.1) is 18.9 Å². The molecule has 1 aliphatic heterocycles. The van der Waals surface area contributed by atoms with Gasteiger partial charge in [0.15, 0.2) is 0 Å². The summed E-state index contributed by atoms with van der Waals surface area (Å²) in [6.07, 6.45) is 0.656. The number of esters is 1. The average molecular weight is 353 g/mol. The van der Waals surface area contributed by atoms with E-state index in [2.05, 4.69) is 4.90 Å². The van der Waals surface area contributed by atoms with Crippen molar-refractivity contribution in [2.75, 3.05) is 32.7 Å². The van der Waals surface area contributed by atoms with Crippen molar-refractivity contribution in [2.45, 2.75) is 32.8 Å². The smallest absolute Gasteiger partial charge is 0.307 e. The number of benzene rings is 1. The number of ether oxygens (including phenoxy) is 1. The number of hydrogen-bond donors (Lipinski definition) is 0. The average Bonchev–Trinajstić information content (AvgIpc) is 2.55. The van der Waals surface area contributed by atoms with Crippen LogP contribution in [0.25, 0.3) is 0 Å². The van der Waals surface area contributed by atoms with Crippen molar-refractivity contribution in [3.8, 4) is 0 Å². The van der Waals surface area contributed by atoms with E-state index in [-0.39, 0.29) is 18.0 Å². The Labute approximate surface area is 148 Å². The first-order valence-corrected chi connectivity index (χ1v) is 8.76. The Morgan fingerprint density at radius 2 is 1.83 bits per heavy atom. The van der Waals surface area contributed by atoms with Crippen LogP contribution in [0.3, 0.4) is 0 Å². The third-order valence-electron chi connectivity index (χ3n) is 4.02. The van der Waals surface area contributed by atoms with Gasteiger partial charge in [0.25, 0.3) is 0 Å². The van der Waals surface area contributed by atoms with E-state index >= 15 is 0 Å². The zero-order valence-corrected chi connectivity index (χ0v) is 15.1. The van der Waals surface area contributed by atoms with Gasteiger partial charge >= 0.3 is 5.97 Å². The van der Waals surface area contributed by atoms with E-state index in [4.69, 9.17) is 16.3 Å². The quantitative estimate of drug-likeness (QED) is 0.737. The number of halogens is 1. The number of piperazine rings is 1. The molecule has 0 spiro atoms. The van der Waals surface area contributed by atoms with Gasteiger partial charge in [-0.3, -0.25) is 14.5 Å². The van der Waals surface area contributed by atoms with E-state index in [1.54, 1.807) is 6.07 Å². The number of nitrogens with zero attached hydrogens (tertiary/aromatic N) is 2. The molecule has 1 aromatic carbocycles. The summed E-state index contributed by atoms with van der Waals surface area (Å²) in [4.78, 5) is 28.0. The van der Waals surface area contributed by atoms with E-state index in [9.17, 15) is 9.59 Å². The first-order chi connectivity index (χ1) is 11.5. The normalized spacial score (nSPS) is 15.6. The lowest BCUT2D eigenvalue weighted by Gasteiger charge is -2.34. The zero-order chi connectivity index (χ0) is 17.5. The molecule has 0 aliphatic carbocycles. The van der Waals surface area contributed by atoms with Gasteiger partial charge in [0.2, 0.25) is 5.91 Å². The maximum Gasteiger partial charge on any atom is 0.307 e. The van der Waals surface area contributed by atoms with Crippen LogP contribution in [0.5, 0.6) is 0 Å². The number of carbonyl (C=O) groups is 2. The number of amides is 1. The SMILES string of the molecule is CC(C)OC(=O)CCN1CCN(C(=O)Cc2ccccc2Cl)CC1. The van der Waals surface area contributed by atoms with Gasteiger partial charge in [-0.15, -0.1) is 0 Å². The lowest BCUT2D eigenvalue weighted by Crippen LogP contribution is -2.49. The second kappa shape index (κ2) is 9.04. The minimum absolute atomic E-state index is 0.0724. The minimum atomic E-state index is -0.165. The van der Waals surface area contributed by atoms with E-state index in [1.807, 2.05) is 36.9 Å². The summed E-state index contributed by atoms with van der Waals surface area (Å²) >= 11 is 6.11. The molecule has 6 heteroatoms. The van der Waals surface area contributed by atoms with Crippen LogP contribution >= 0.6 is 11.6 Å². The van der Waals surface area contributed by atoms with Crippen LogP contribution in [0.2, 0.25) is 5.02 Å². The highest BCUT2D eigenvalue weighted by Gasteiger charge is 2.22. The first-order valence-electron chi connectivity index (χ1n) is 8.38. The fourth-order valence-electron chi connectivity index (χ4n) is 2.71. The Bertz CT molecular complexity index is 569. The molecule has 0 saturated carbocycles. The molecule has 1 aliphatic rings. The molecule has 0 aromatic heterocycles. The highest BCUT2D eigenvalue weighted by atomic mass is 35.5. The van der Waals surface area contributed by atoms with Crippen molar-refractivity contribution in [1.29, 1.82) is 0 Å². The number of carbonyl (C=O) groups excluding carboxylic acids is 2. The largest absolute Gasteiger partial charge is 0.463 e. The summed E-state index contributed by atoms with van der Waals surface area (Å²) in [6, 6.07) is 7.44. The number of hydrogen-bond acceptors (Lipinski definition) is 4. The third kappa shape index (κ3) is 5.80. The highest BCUT2D eigenvalue weighted by Crippen LogP contribution is 2.16. The van der Waals surface area contributed by atoms with Crippen LogP contribution < -0.4 is 0 Å². The van der Waals surface area contributed by atoms with Crippen LogP contribution in [-0.2, 0) is 20.7 Å². The van der Waals surface area contributed by atoms with Crippen LogP contribution in [0.15, 0.2) is 24.3 Å². The molecule has 0 N–H and O–H groups in total. The molecular weight excluding hydrogens is 328 g/mol. The molecule has 24 heavy (non-hydrogen) atoms. The maximum absolute atomic E-state index is 12.4. The van der Waals surface area contributed by atoms with Gasteiger partial charge in [-0.2, -0.15) is 0 Å². The number of rotatable bonds is 6. The third-order valence-corrected chi connectivity index (χ3v) is 4.39. The second-order valence-electron chi connectivity index (χ2n) is 6.28. The fraction of sp³-hybridized carbons (Fsp3) is 0.556. The standard InChI is InChI=1S/C18H25ClN2O3/c1-14(2)24-18(23)7-8-20-9-11-21(12-10-20)17(22)13-15-5-3-4-6-16(15)19/h3-6,14H,7-13H2,1-2H3. The van der Waals surface area contributed by atoms with Crippen LogP contribution in [-0.4, -0.2) is 60.5 Å². The van der Waals surface area contributed by atoms with Gasteiger partial charge in [-0.05, 0) is 25.5 Å². The fourth-order valence-corrected chi connectivity index (χ4v) is 2.91. The summed E-state index contributed by atoms with van der Waals surface area (Å²) in [7, 11) is 0. The van der Waals surface area contributed by atoms with E-state index in [0.717, 1.165) is 18.7 Å². The topological polar surface area (TPSA) is 49.9 Å².